The number of carbonyl (C=O) groups excluding carboxylic acids is 1. The summed E-state index contributed by atoms with van der Waals surface area (Å²) >= 11 is 1.63. The second kappa shape index (κ2) is 9.09. The smallest absolute Gasteiger partial charge is 0.247 e. The van der Waals surface area contributed by atoms with E-state index in [1.165, 1.54) is 0 Å². The zero-order chi connectivity index (χ0) is 19.1. The van der Waals surface area contributed by atoms with Gasteiger partial charge >= 0.3 is 0 Å². The molecule has 2 heterocycles. The van der Waals surface area contributed by atoms with Gasteiger partial charge < -0.3 is 18.8 Å². The van der Waals surface area contributed by atoms with E-state index >= 15 is 0 Å². The Labute approximate surface area is 162 Å². The molecule has 3 aromatic rings. The maximum Gasteiger partial charge on any atom is 0.247 e. The van der Waals surface area contributed by atoms with Crippen molar-refractivity contribution < 1.29 is 18.7 Å². The molecule has 6 heteroatoms. The van der Waals surface area contributed by atoms with E-state index in [9.17, 15) is 4.79 Å². The van der Waals surface area contributed by atoms with Crippen LogP contribution in [0.3, 0.4) is 0 Å². The third-order valence-electron chi connectivity index (χ3n) is 3.99. The molecule has 1 amide bonds. The Morgan fingerprint density at radius 1 is 1.11 bits per heavy atom. The highest BCUT2D eigenvalue weighted by Crippen LogP contribution is 2.28. The fraction of sp³-hybridized carbons (Fsp3) is 0.190. The number of amides is 1. The fourth-order valence-corrected chi connectivity index (χ4v) is 3.34. The van der Waals surface area contributed by atoms with Crippen LogP contribution < -0.4 is 9.47 Å². The first-order valence-corrected chi connectivity index (χ1v) is 9.31. The normalized spacial score (nSPS) is 10.9. The van der Waals surface area contributed by atoms with Gasteiger partial charge in [-0.05, 0) is 47.4 Å². The van der Waals surface area contributed by atoms with Crippen LogP contribution in [0.4, 0.5) is 0 Å². The highest BCUT2D eigenvalue weighted by Gasteiger charge is 2.14. The van der Waals surface area contributed by atoms with Gasteiger partial charge in [0.1, 0.15) is 5.76 Å². The number of carbonyl (C=O) groups is 1. The largest absolute Gasteiger partial charge is 0.493 e. The Morgan fingerprint density at radius 3 is 2.63 bits per heavy atom. The Hall–Kier alpha value is -2.99. The molecule has 140 valence electrons. The molecule has 0 radical (unpaired) electrons. The molecule has 0 saturated heterocycles. The van der Waals surface area contributed by atoms with Gasteiger partial charge in [-0.25, -0.2) is 0 Å². The maximum absolute atomic E-state index is 12.8. The van der Waals surface area contributed by atoms with Gasteiger partial charge in [-0.3, -0.25) is 4.79 Å². The number of benzene rings is 1. The molecule has 0 aliphatic carbocycles. The lowest BCUT2D eigenvalue weighted by Gasteiger charge is -2.19. The molecule has 0 aliphatic rings. The predicted octanol–water partition coefficient (Wildman–Crippen LogP) is 4.60. The molecule has 2 aromatic heterocycles. The molecule has 0 atom stereocenters. The first kappa shape index (κ1) is 18.8. The van der Waals surface area contributed by atoms with Crippen molar-refractivity contribution in [2.45, 2.75) is 13.1 Å². The van der Waals surface area contributed by atoms with Gasteiger partial charge in [0.05, 0.1) is 33.6 Å². The second-order valence-electron chi connectivity index (χ2n) is 5.80. The van der Waals surface area contributed by atoms with Crippen LogP contribution in [0.15, 0.2) is 64.6 Å². The second-order valence-corrected chi connectivity index (χ2v) is 6.83. The van der Waals surface area contributed by atoms with Crippen molar-refractivity contribution in [3.05, 3.63) is 76.4 Å². The minimum absolute atomic E-state index is 0.0883. The Bertz CT molecular complexity index is 849. The monoisotopic (exact) mass is 383 g/mol. The topological polar surface area (TPSA) is 51.9 Å². The molecule has 0 aliphatic heterocycles. The van der Waals surface area contributed by atoms with Crippen molar-refractivity contribution in [1.82, 2.24) is 4.90 Å². The lowest BCUT2D eigenvalue weighted by atomic mass is 10.2. The van der Waals surface area contributed by atoms with Gasteiger partial charge in [-0.1, -0.05) is 12.1 Å². The van der Waals surface area contributed by atoms with Gasteiger partial charge in [-0.15, -0.1) is 11.3 Å². The van der Waals surface area contributed by atoms with Gasteiger partial charge in [0.15, 0.2) is 11.5 Å². The molecule has 1 aromatic carbocycles. The summed E-state index contributed by atoms with van der Waals surface area (Å²) in [5.41, 5.74) is 0.857. The molecular formula is C21H21NO4S. The van der Waals surface area contributed by atoms with Crippen molar-refractivity contribution >= 4 is 23.3 Å². The molecule has 0 fully saturated rings. The van der Waals surface area contributed by atoms with E-state index in [0.717, 1.165) is 16.2 Å². The summed E-state index contributed by atoms with van der Waals surface area (Å²) in [6.07, 6.45) is 4.95. The van der Waals surface area contributed by atoms with E-state index < -0.39 is 0 Å². The van der Waals surface area contributed by atoms with Gasteiger partial charge in [-0.2, -0.15) is 0 Å². The number of hydrogen-bond donors (Lipinski definition) is 0. The number of ether oxygens (including phenoxy) is 2. The van der Waals surface area contributed by atoms with Crippen LogP contribution in [-0.2, 0) is 17.9 Å². The van der Waals surface area contributed by atoms with Crippen molar-refractivity contribution in [2.24, 2.45) is 0 Å². The van der Waals surface area contributed by atoms with E-state index in [2.05, 4.69) is 0 Å². The molecule has 0 N–H and O–H groups in total. The molecule has 0 bridgehead atoms. The first-order valence-electron chi connectivity index (χ1n) is 8.43. The molecular weight excluding hydrogens is 362 g/mol. The molecule has 3 rings (SSSR count). The summed E-state index contributed by atoms with van der Waals surface area (Å²) in [5, 5.41) is 2.00. The Morgan fingerprint density at radius 2 is 1.96 bits per heavy atom. The third kappa shape index (κ3) is 5.01. The van der Waals surface area contributed by atoms with Gasteiger partial charge in [0.2, 0.25) is 5.91 Å². The first-order chi connectivity index (χ1) is 13.2. The van der Waals surface area contributed by atoms with Crippen LogP contribution >= 0.6 is 11.3 Å². The zero-order valence-corrected chi connectivity index (χ0v) is 16.1. The molecule has 5 nitrogen and oxygen atoms in total. The highest BCUT2D eigenvalue weighted by molar-refractivity contribution is 7.09. The van der Waals surface area contributed by atoms with Crippen LogP contribution in [-0.4, -0.2) is 25.0 Å². The number of rotatable bonds is 8. The van der Waals surface area contributed by atoms with Crippen molar-refractivity contribution in [1.29, 1.82) is 0 Å². The summed E-state index contributed by atoms with van der Waals surface area (Å²) < 4.78 is 16.0. The molecule has 0 saturated carbocycles. The van der Waals surface area contributed by atoms with Gasteiger partial charge in [0, 0.05) is 11.0 Å². The Kier molecular flexibility index (Phi) is 6.33. The minimum Gasteiger partial charge on any atom is -0.493 e. The number of hydrogen-bond acceptors (Lipinski definition) is 5. The zero-order valence-electron chi connectivity index (χ0n) is 15.3. The average molecular weight is 383 g/mol. The molecule has 0 unspecified atom stereocenters. The van der Waals surface area contributed by atoms with Crippen LogP contribution in [0.25, 0.3) is 6.08 Å². The molecule has 27 heavy (non-hydrogen) atoms. The standard InChI is InChI=1S/C21H21NO4S/c1-24-19-9-7-16(13-20(19)25-2)8-10-21(23)22(14-17-5-3-11-26-17)15-18-6-4-12-27-18/h3-13H,14-15H2,1-2H3/b10-8+. The van der Waals surface area contributed by atoms with Crippen LogP contribution in [0, 0.1) is 0 Å². The summed E-state index contributed by atoms with van der Waals surface area (Å²) in [6.45, 7) is 0.952. The molecule has 0 spiro atoms. The Balaban J connectivity index is 1.75. The number of thiophene rings is 1. The van der Waals surface area contributed by atoms with Gasteiger partial charge in [0.25, 0.3) is 0 Å². The van der Waals surface area contributed by atoms with Crippen LogP contribution in [0.5, 0.6) is 11.5 Å². The number of nitrogens with zero attached hydrogens (tertiary/aromatic N) is 1. The van der Waals surface area contributed by atoms with Crippen molar-refractivity contribution in [2.75, 3.05) is 14.2 Å². The van der Waals surface area contributed by atoms with E-state index in [1.807, 2.05) is 47.8 Å². The van der Waals surface area contributed by atoms with Crippen LogP contribution in [0.1, 0.15) is 16.2 Å². The summed E-state index contributed by atoms with van der Waals surface area (Å²) in [6, 6.07) is 13.2. The minimum atomic E-state index is -0.0883. The summed E-state index contributed by atoms with van der Waals surface area (Å²) in [7, 11) is 3.18. The van der Waals surface area contributed by atoms with Crippen molar-refractivity contribution in [3.8, 4) is 11.5 Å². The fourth-order valence-electron chi connectivity index (χ4n) is 2.62. The number of furan rings is 1. The third-order valence-corrected chi connectivity index (χ3v) is 4.85. The van der Waals surface area contributed by atoms with E-state index in [0.29, 0.717) is 24.6 Å². The van der Waals surface area contributed by atoms with Crippen molar-refractivity contribution in [3.63, 3.8) is 0 Å². The summed E-state index contributed by atoms with van der Waals surface area (Å²) in [4.78, 5) is 15.7. The number of methoxy groups -OCH3 is 2. The average Bonchev–Trinajstić information content (AvgIpc) is 3.39. The van der Waals surface area contributed by atoms with E-state index in [1.54, 1.807) is 48.9 Å². The summed E-state index contributed by atoms with van der Waals surface area (Å²) in [5.74, 6) is 1.94. The highest BCUT2D eigenvalue weighted by atomic mass is 32.1. The lowest BCUT2D eigenvalue weighted by molar-refractivity contribution is -0.127. The van der Waals surface area contributed by atoms with Crippen LogP contribution in [0.2, 0.25) is 0 Å². The van der Waals surface area contributed by atoms with E-state index in [-0.39, 0.29) is 5.91 Å². The van der Waals surface area contributed by atoms with E-state index in [4.69, 9.17) is 13.9 Å². The predicted molar refractivity (Wildman–Crippen MR) is 106 cm³/mol. The SMILES string of the molecule is COc1ccc(/C=C/C(=O)N(Cc2ccco2)Cc2cccs2)cc1OC. The lowest BCUT2D eigenvalue weighted by Crippen LogP contribution is -2.27. The quantitative estimate of drug-likeness (QED) is 0.534. The maximum atomic E-state index is 12.8.